The summed E-state index contributed by atoms with van der Waals surface area (Å²) >= 11 is 8.87. The van der Waals surface area contributed by atoms with Crippen LogP contribution in [0, 0.1) is 17.1 Å². The summed E-state index contributed by atoms with van der Waals surface area (Å²) in [5.41, 5.74) is 0.241. The number of carbonyl (C=O) groups is 2. The Bertz CT molecular complexity index is 908. The molecule has 0 spiro atoms. The van der Waals surface area contributed by atoms with Crippen LogP contribution < -0.4 is 5.32 Å². The van der Waals surface area contributed by atoms with Crippen LogP contribution in [0.4, 0.5) is 10.1 Å². The Kier molecular flexibility index (Phi) is 6.89. The Hall–Kier alpha value is -2.69. The van der Waals surface area contributed by atoms with Crippen LogP contribution in [-0.2, 0) is 14.3 Å². The van der Waals surface area contributed by atoms with Crippen LogP contribution in [0.15, 0.2) is 52.5 Å². The summed E-state index contributed by atoms with van der Waals surface area (Å²) in [6.07, 6.45) is 1.31. The van der Waals surface area contributed by atoms with Crippen molar-refractivity contribution in [3.05, 3.63) is 68.9 Å². The van der Waals surface area contributed by atoms with Crippen molar-refractivity contribution in [2.45, 2.75) is 0 Å². The van der Waals surface area contributed by atoms with Crippen molar-refractivity contribution in [3.63, 3.8) is 0 Å². The summed E-state index contributed by atoms with van der Waals surface area (Å²) in [7, 11) is 0. The highest BCUT2D eigenvalue weighted by Crippen LogP contribution is 2.19. The average Bonchev–Trinajstić information content (AvgIpc) is 2.61. The molecule has 0 aliphatic rings. The van der Waals surface area contributed by atoms with Crippen molar-refractivity contribution >= 4 is 51.2 Å². The van der Waals surface area contributed by atoms with Gasteiger partial charge in [-0.15, -0.1) is 0 Å². The summed E-state index contributed by atoms with van der Waals surface area (Å²) in [4.78, 5) is 23.7. The van der Waals surface area contributed by atoms with Crippen LogP contribution in [0.2, 0.25) is 5.02 Å². The van der Waals surface area contributed by atoms with Crippen LogP contribution in [0.5, 0.6) is 0 Å². The molecule has 26 heavy (non-hydrogen) atoms. The van der Waals surface area contributed by atoms with Crippen molar-refractivity contribution in [1.29, 1.82) is 5.26 Å². The van der Waals surface area contributed by atoms with Crippen molar-refractivity contribution < 1.29 is 18.7 Å². The third-order valence-corrected chi connectivity index (χ3v) is 3.81. The van der Waals surface area contributed by atoms with Gasteiger partial charge in [-0.1, -0.05) is 39.7 Å². The van der Waals surface area contributed by atoms with Crippen LogP contribution in [0.3, 0.4) is 0 Å². The minimum Gasteiger partial charge on any atom is -0.451 e. The van der Waals surface area contributed by atoms with Crippen molar-refractivity contribution in [3.8, 4) is 6.07 Å². The van der Waals surface area contributed by atoms with E-state index in [4.69, 9.17) is 21.6 Å². The standard InChI is InChI=1S/C18H11BrClFN2O3/c19-13-3-6-16(15(21)8-13)23-17(24)10-26-18(25)12(9-22)7-11-1-4-14(20)5-2-11/h1-8H,10H2,(H,23,24)/b12-7-. The first-order valence-corrected chi connectivity index (χ1v) is 8.35. The predicted molar refractivity (Wildman–Crippen MR) is 98.7 cm³/mol. The Morgan fingerprint density at radius 2 is 1.96 bits per heavy atom. The smallest absolute Gasteiger partial charge is 0.349 e. The number of carbonyl (C=O) groups excluding carboxylic acids is 2. The van der Waals surface area contributed by atoms with Gasteiger partial charge in [-0.25, -0.2) is 9.18 Å². The number of anilines is 1. The second-order valence-corrected chi connectivity index (χ2v) is 6.32. The minimum absolute atomic E-state index is 0.0496. The molecule has 0 fully saturated rings. The van der Waals surface area contributed by atoms with Crippen molar-refractivity contribution in [2.75, 3.05) is 11.9 Å². The van der Waals surface area contributed by atoms with Gasteiger partial charge in [-0.2, -0.15) is 5.26 Å². The zero-order valence-electron chi connectivity index (χ0n) is 13.1. The number of hydrogen-bond acceptors (Lipinski definition) is 4. The molecule has 0 saturated carbocycles. The lowest BCUT2D eigenvalue weighted by atomic mass is 10.1. The van der Waals surface area contributed by atoms with E-state index in [2.05, 4.69) is 21.2 Å². The average molecular weight is 438 g/mol. The quantitative estimate of drug-likeness (QED) is 0.429. The molecule has 0 aliphatic carbocycles. The zero-order chi connectivity index (χ0) is 19.1. The first kappa shape index (κ1) is 19.6. The lowest BCUT2D eigenvalue weighted by Crippen LogP contribution is -2.21. The van der Waals surface area contributed by atoms with Crippen LogP contribution in [0.25, 0.3) is 6.08 Å². The van der Waals surface area contributed by atoms with E-state index in [0.29, 0.717) is 15.1 Å². The summed E-state index contributed by atoms with van der Waals surface area (Å²) < 4.78 is 19.0. The molecule has 0 radical (unpaired) electrons. The molecular formula is C18H11BrClFN2O3. The lowest BCUT2D eigenvalue weighted by molar-refractivity contribution is -0.142. The molecule has 1 N–H and O–H groups in total. The molecule has 0 bridgehead atoms. The molecule has 2 aromatic rings. The Labute approximate surface area is 162 Å². The summed E-state index contributed by atoms with van der Waals surface area (Å²) in [6.45, 7) is -0.659. The number of esters is 1. The van der Waals surface area contributed by atoms with Gasteiger partial charge in [0.15, 0.2) is 6.61 Å². The molecule has 8 heteroatoms. The molecule has 1 amide bonds. The van der Waals surface area contributed by atoms with E-state index in [-0.39, 0.29) is 11.3 Å². The lowest BCUT2D eigenvalue weighted by Gasteiger charge is -2.07. The molecule has 0 saturated heterocycles. The zero-order valence-corrected chi connectivity index (χ0v) is 15.5. The van der Waals surface area contributed by atoms with Crippen LogP contribution in [-0.4, -0.2) is 18.5 Å². The fraction of sp³-hybridized carbons (Fsp3) is 0.0556. The highest BCUT2D eigenvalue weighted by molar-refractivity contribution is 9.10. The number of nitriles is 1. The maximum Gasteiger partial charge on any atom is 0.349 e. The maximum atomic E-state index is 13.6. The normalized spacial score (nSPS) is 10.8. The summed E-state index contributed by atoms with van der Waals surface area (Å²) in [5, 5.41) is 11.9. The number of nitrogens with one attached hydrogen (secondary N) is 1. The van der Waals surface area contributed by atoms with E-state index in [1.54, 1.807) is 36.4 Å². The van der Waals surface area contributed by atoms with Gasteiger partial charge in [-0.3, -0.25) is 4.79 Å². The van der Waals surface area contributed by atoms with Gasteiger partial charge < -0.3 is 10.1 Å². The minimum atomic E-state index is -0.964. The highest BCUT2D eigenvalue weighted by atomic mass is 79.9. The first-order chi connectivity index (χ1) is 12.4. The van der Waals surface area contributed by atoms with E-state index in [9.17, 15) is 14.0 Å². The van der Waals surface area contributed by atoms with E-state index < -0.39 is 24.3 Å². The molecule has 2 rings (SSSR count). The summed E-state index contributed by atoms with van der Waals surface area (Å²) in [6, 6.07) is 12.3. The van der Waals surface area contributed by atoms with Gasteiger partial charge in [0, 0.05) is 9.50 Å². The molecule has 5 nitrogen and oxygen atoms in total. The molecule has 0 aliphatic heterocycles. The van der Waals surface area contributed by atoms with Gasteiger partial charge in [0.2, 0.25) is 0 Å². The van der Waals surface area contributed by atoms with Gasteiger partial charge in [-0.05, 0) is 42.0 Å². The number of nitrogens with zero attached hydrogens (tertiary/aromatic N) is 1. The molecule has 0 heterocycles. The fourth-order valence-electron chi connectivity index (χ4n) is 1.85. The van der Waals surface area contributed by atoms with Crippen LogP contribution >= 0.6 is 27.5 Å². The van der Waals surface area contributed by atoms with Gasteiger partial charge in [0.05, 0.1) is 5.69 Å². The molecule has 132 valence electrons. The molecule has 2 aromatic carbocycles. The van der Waals surface area contributed by atoms with Crippen molar-refractivity contribution in [1.82, 2.24) is 0 Å². The monoisotopic (exact) mass is 436 g/mol. The van der Waals surface area contributed by atoms with Gasteiger partial charge in [0.1, 0.15) is 17.5 Å². The topological polar surface area (TPSA) is 79.2 Å². The maximum absolute atomic E-state index is 13.6. The first-order valence-electron chi connectivity index (χ1n) is 7.18. The number of halogens is 3. The Morgan fingerprint density at radius 1 is 1.27 bits per heavy atom. The summed E-state index contributed by atoms with van der Waals surface area (Å²) in [5.74, 6) is -2.34. The number of amides is 1. The highest BCUT2D eigenvalue weighted by Gasteiger charge is 2.14. The molecule has 0 atom stereocenters. The number of hydrogen-bond donors (Lipinski definition) is 1. The molecule has 0 aromatic heterocycles. The van der Waals surface area contributed by atoms with E-state index >= 15 is 0 Å². The molecule has 0 unspecified atom stereocenters. The Morgan fingerprint density at radius 3 is 2.58 bits per heavy atom. The van der Waals surface area contributed by atoms with E-state index in [1.807, 2.05) is 0 Å². The predicted octanol–water partition coefficient (Wildman–Crippen LogP) is 4.33. The number of benzene rings is 2. The van der Waals surface area contributed by atoms with Gasteiger partial charge >= 0.3 is 5.97 Å². The number of ether oxygens (including phenoxy) is 1. The van der Waals surface area contributed by atoms with Gasteiger partial charge in [0.25, 0.3) is 5.91 Å². The third kappa shape index (κ3) is 5.69. The SMILES string of the molecule is N#C/C(=C/c1ccc(Cl)cc1)C(=O)OCC(=O)Nc1ccc(Br)cc1F. The van der Waals surface area contributed by atoms with E-state index in [0.717, 1.165) is 0 Å². The molecular weight excluding hydrogens is 427 g/mol. The number of rotatable bonds is 5. The third-order valence-electron chi connectivity index (χ3n) is 3.06. The van der Waals surface area contributed by atoms with E-state index in [1.165, 1.54) is 18.2 Å². The second kappa shape index (κ2) is 9.13. The second-order valence-electron chi connectivity index (χ2n) is 4.97. The Balaban J connectivity index is 1.96. The fourth-order valence-corrected chi connectivity index (χ4v) is 2.31. The van der Waals surface area contributed by atoms with Crippen molar-refractivity contribution in [2.24, 2.45) is 0 Å². The van der Waals surface area contributed by atoms with Crippen LogP contribution in [0.1, 0.15) is 5.56 Å². The largest absolute Gasteiger partial charge is 0.451 e.